The van der Waals surface area contributed by atoms with E-state index in [-0.39, 0.29) is 11.8 Å². The van der Waals surface area contributed by atoms with E-state index < -0.39 is 11.8 Å². The van der Waals surface area contributed by atoms with Gasteiger partial charge in [0.2, 0.25) is 11.8 Å². The Hall–Kier alpha value is -3.35. The molecule has 1 aromatic heterocycles. The number of benzene rings is 2. The zero-order valence-electron chi connectivity index (χ0n) is 17.7. The monoisotopic (exact) mass is 421 g/mol. The molecule has 31 heavy (non-hydrogen) atoms. The number of carbonyl (C=O) groups is 2. The molecule has 0 bridgehead atoms. The van der Waals surface area contributed by atoms with Crippen molar-refractivity contribution in [2.45, 2.75) is 32.2 Å². The molecule has 1 aliphatic rings. The number of carbonyl (C=O) groups excluding carboxylic acids is 2. The van der Waals surface area contributed by atoms with E-state index in [2.05, 4.69) is 12.1 Å². The Morgan fingerprint density at radius 2 is 1.58 bits per heavy atom. The lowest BCUT2D eigenvalue weighted by Crippen LogP contribution is -2.52. The SMILES string of the molecule is CC(C(=O)N1CCN(C(=O)CCCc2ccccc2)CC1)n1c(=O)oc2ccccc21. The molecule has 0 spiro atoms. The second kappa shape index (κ2) is 9.20. The van der Waals surface area contributed by atoms with E-state index in [9.17, 15) is 14.4 Å². The summed E-state index contributed by atoms with van der Waals surface area (Å²) in [5, 5.41) is 0. The van der Waals surface area contributed by atoms with Crippen LogP contribution in [0, 0.1) is 0 Å². The van der Waals surface area contributed by atoms with Gasteiger partial charge in [-0.15, -0.1) is 0 Å². The molecule has 3 aromatic rings. The molecule has 2 amide bonds. The number of amides is 2. The average Bonchev–Trinajstić information content (AvgIpc) is 3.14. The zero-order valence-corrected chi connectivity index (χ0v) is 17.7. The van der Waals surface area contributed by atoms with Crippen molar-refractivity contribution in [2.75, 3.05) is 26.2 Å². The fourth-order valence-electron chi connectivity index (χ4n) is 4.15. The first-order valence-electron chi connectivity index (χ1n) is 10.7. The van der Waals surface area contributed by atoms with Crippen molar-refractivity contribution in [3.05, 3.63) is 70.7 Å². The lowest BCUT2D eigenvalue weighted by atomic mass is 10.1. The molecule has 2 aromatic carbocycles. The summed E-state index contributed by atoms with van der Waals surface area (Å²) in [7, 11) is 0. The summed E-state index contributed by atoms with van der Waals surface area (Å²) in [5.74, 6) is -0.535. The van der Waals surface area contributed by atoms with Gasteiger partial charge in [-0.05, 0) is 37.5 Å². The summed E-state index contributed by atoms with van der Waals surface area (Å²) in [4.78, 5) is 41.4. The Morgan fingerprint density at radius 1 is 0.935 bits per heavy atom. The van der Waals surface area contributed by atoms with E-state index in [1.165, 1.54) is 10.1 Å². The predicted octanol–water partition coefficient (Wildman–Crippen LogP) is 2.85. The van der Waals surface area contributed by atoms with E-state index in [1.807, 2.05) is 29.2 Å². The maximum absolute atomic E-state index is 13.0. The highest BCUT2D eigenvalue weighted by molar-refractivity contribution is 5.83. The fourth-order valence-corrected chi connectivity index (χ4v) is 4.15. The minimum Gasteiger partial charge on any atom is -0.408 e. The molecule has 1 saturated heterocycles. The van der Waals surface area contributed by atoms with Crippen LogP contribution in [0.1, 0.15) is 31.4 Å². The smallest absolute Gasteiger partial charge is 0.408 e. The van der Waals surface area contributed by atoms with Gasteiger partial charge in [-0.25, -0.2) is 4.79 Å². The van der Waals surface area contributed by atoms with Crippen LogP contribution in [0.3, 0.4) is 0 Å². The Kier molecular flexibility index (Phi) is 6.21. The Bertz CT molecular complexity index is 1110. The van der Waals surface area contributed by atoms with Crippen molar-refractivity contribution in [3.63, 3.8) is 0 Å². The Balaban J connectivity index is 1.30. The standard InChI is InChI=1S/C24H27N3O4/c1-18(27-20-11-5-6-12-21(20)31-24(27)30)23(29)26-16-14-25(15-17-26)22(28)13-7-10-19-8-3-2-4-9-19/h2-6,8-9,11-12,18H,7,10,13-17H2,1H3. The van der Waals surface area contributed by atoms with Gasteiger partial charge >= 0.3 is 5.76 Å². The molecule has 0 N–H and O–H groups in total. The number of nitrogens with zero attached hydrogens (tertiary/aromatic N) is 3. The third kappa shape index (κ3) is 4.55. The van der Waals surface area contributed by atoms with Gasteiger partial charge in [0.05, 0.1) is 5.52 Å². The molecule has 0 saturated carbocycles. The molecular formula is C24H27N3O4. The maximum atomic E-state index is 13.0. The van der Waals surface area contributed by atoms with Crippen molar-refractivity contribution in [3.8, 4) is 0 Å². The highest BCUT2D eigenvalue weighted by atomic mass is 16.4. The number of rotatable bonds is 6. The maximum Gasteiger partial charge on any atom is 0.420 e. The van der Waals surface area contributed by atoms with E-state index >= 15 is 0 Å². The zero-order chi connectivity index (χ0) is 21.8. The molecule has 7 heteroatoms. The number of oxazole rings is 1. The topological polar surface area (TPSA) is 75.8 Å². The van der Waals surface area contributed by atoms with Crippen LogP contribution in [-0.2, 0) is 16.0 Å². The van der Waals surface area contributed by atoms with Crippen molar-refractivity contribution < 1.29 is 14.0 Å². The molecule has 0 radical (unpaired) electrons. The molecule has 7 nitrogen and oxygen atoms in total. The third-order valence-electron chi connectivity index (χ3n) is 5.91. The molecule has 1 atom stereocenters. The summed E-state index contributed by atoms with van der Waals surface area (Å²) in [6, 6.07) is 16.6. The Morgan fingerprint density at radius 3 is 2.32 bits per heavy atom. The average molecular weight is 421 g/mol. The van der Waals surface area contributed by atoms with Crippen LogP contribution in [0.2, 0.25) is 0 Å². The number of para-hydroxylation sites is 2. The van der Waals surface area contributed by atoms with Gasteiger partial charge in [0, 0.05) is 32.6 Å². The second-order valence-electron chi connectivity index (χ2n) is 7.93. The molecule has 2 heterocycles. The van der Waals surface area contributed by atoms with Gasteiger partial charge in [0.1, 0.15) is 6.04 Å². The summed E-state index contributed by atoms with van der Waals surface area (Å²) in [6.45, 7) is 3.69. The normalized spacial score (nSPS) is 15.3. The predicted molar refractivity (Wildman–Crippen MR) is 118 cm³/mol. The quantitative estimate of drug-likeness (QED) is 0.613. The van der Waals surface area contributed by atoms with Gasteiger partial charge in [-0.1, -0.05) is 42.5 Å². The third-order valence-corrected chi connectivity index (χ3v) is 5.91. The van der Waals surface area contributed by atoms with Crippen molar-refractivity contribution in [1.29, 1.82) is 0 Å². The van der Waals surface area contributed by atoms with Crippen LogP contribution in [-0.4, -0.2) is 52.4 Å². The van der Waals surface area contributed by atoms with Crippen LogP contribution in [0.5, 0.6) is 0 Å². The van der Waals surface area contributed by atoms with Crippen LogP contribution in [0.25, 0.3) is 11.1 Å². The Labute approximate surface area is 180 Å². The van der Waals surface area contributed by atoms with Crippen LogP contribution in [0.15, 0.2) is 63.8 Å². The summed E-state index contributed by atoms with van der Waals surface area (Å²) in [6.07, 6.45) is 2.21. The number of aromatic nitrogens is 1. The van der Waals surface area contributed by atoms with Gasteiger partial charge in [-0.3, -0.25) is 14.2 Å². The van der Waals surface area contributed by atoms with Crippen LogP contribution < -0.4 is 5.76 Å². The molecule has 1 aliphatic heterocycles. The molecule has 162 valence electrons. The van der Waals surface area contributed by atoms with Gasteiger partial charge in [-0.2, -0.15) is 0 Å². The van der Waals surface area contributed by atoms with Crippen molar-refractivity contribution in [1.82, 2.24) is 14.4 Å². The van der Waals surface area contributed by atoms with Gasteiger partial charge in [0.15, 0.2) is 5.58 Å². The molecule has 4 rings (SSSR count). The van der Waals surface area contributed by atoms with Crippen molar-refractivity contribution >= 4 is 22.9 Å². The largest absolute Gasteiger partial charge is 0.420 e. The van der Waals surface area contributed by atoms with E-state index in [0.717, 1.165) is 12.8 Å². The molecule has 1 fully saturated rings. The minimum atomic E-state index is -0.663. The number of hydrogen-bond acceptors (Lipinski definition) is 4. The summed E-state index contributed by atoms with van der Waals surface area (Å²) < 4.78 is 6.66. The number of hydrogen-bond donors (Lipinski definition) is 0. The van der Waals surface area contributed by atoms with Crippen molar-refractivity contribution in [2.24, 2.45) is 0 Å². The minimum absolute atomic E-state index is 0.133. The number of piperazine rings is 1. The van der Waals surface area contributed by atoms with E-state index in [0.29, 0.717) is 43.7 Å². The molecule has 0 aliphatic carbocycles. The highest BCUT2D eigenvalue weighted by Gasteiger charge is 2.29. The number of aryl methyl sites for hydroxylation is 1. The molecular weight excluding hydrogens is 394 g/mol. The first-order valence-corrected chi connectivity index (χ1v) is 10.7. The van der Waals surface area contributed by atoms with Crippen LogP contribution in [0.4, 0.5) is 0 Å². The van der Waals surface area contributed by atoms with E-state index in [1.54, 1.807) is 30.0 Å². The van der Waals surface area contributed by atoms with Gasteiger partial charge in [0.25, 0.3) is 0 Å². The first-order chi connectivity index (χ1) is 15.0. The second-order valence-corrected chi connectivity index (χ2v) is 7.93. The lowest BCUT2D eigenvalue weighted by Gasteiger charge is -2.36. The molecule has 1 unspecified atom stereocenters. The fraction of sp³-hybridized carbons (Fsp3) is 0.375. The van der Waals surface area contributed by atoms with E-state index in [4.69, 9.17) is 4.42 Å². The first kappa shape index (κ1) is 20.9. The summed E-state index contributed by atoms with van der Waals surface area (Å²) >= 11 is 0. The van der Waals surface area contributed by atoms with Crippen LogP contribution >= 0.6 is 0 Å². The highest BCUT2D eigenvalue weighted by Crippen LogP contribution is 2.19. The summed E-state index contributed by atoms with van der Waals surface area (Å²) in [5.41, 5.74) is 2.32. The lowest BCUT2D eigenvalue weighted by molar-refractivity contribution is -0.141. The number of fused-ring (bicyclic) bond motifs is 1. The van der Waals surface area contributed by atoms with Gasteiger partial charge < -0.3 is 14.2 Å².